The Hall–Kier alpha value is -1.23. The number of halogens is 1. The second-order valence-electron chi connectivity index (χ2n) is 4.04. The van der Waals surface area contributed by atoms with Gasteiger partial charge in [0.1, 0.15) is 5.75 Å². The van der Waals surface area contributed by atoms with Gasteiger partial charge in [-0.05, 0) is 40.9 Å². The summed E-state index contributed by atoms with van der Waals surface area (Å²) in [4.78, 5) is 11.5. The van der Waals surface area contributed by atoms with Crippen molar-refractivity contribution in [3.63, 3.8) is 0 Å². The summed E-state index contributed by atoms with van der Waals surface area (Å²) in [6.07, 6.45) is 2.22. The molecule has 1 aromatic carbocycles. The molecule has 1 amide bonds. The van der Waals surface area contributed by atoms with E-state index in [1.165, 1.54) is 0 Å². The Kier molecular flexibility index (Phi) is 3.89. The first-order valence-electron chi connectivity index (χ1n) is 5.56. The summed E-state index contributed by atoms with van der Waals surface area (Å²) in [5, 5.41) is 5.99. The van der Waals surface area contributed by atoms with E-state index in [-0.39, 0.29) is 5.91 Å². The second kappa shape index (κ2) is 5.40. The van der Waals surface area contributed by atoms with E-state index in [1.807, 2.05) is 18.2 Å². The van der Waals surface area contributed by atoms with Crippen LogP contribution in [0.4, 0.5) is 5.69 Å². The van der Waals surface area contributed by atoms with Crippen molar-refractivity contribution in [2.45, 2.75) is 18.9 Å². The largest absolute Gasteiger partial charge is 0.495 e. The quantitative estimate of drug-likeness (QED) is 0.876. The molecule has 1 fully saturated rings. The third-order valence-electron chi connectivity index (χ3n) is 2.55. The van der Waals surface area contributed by atoms with Crippen LogP contribution >= 0.6 is 15.9 Å². The van der Waals surface area contributed by atoms with Crippen molar-refractivity contribution in [1.29, 1.82) is 0 Å². The minimum Gasteiger partial charge on any atom is -0.495 e. The minimum absolute atomic E-state index is 0.0365. The highest BCUT2D eigenvalue weighted by atomic mass is 79.9. The first-order chi connectivity index (χ1) is 8.19. The Labute approximate surface area is 109 Å². The van der Waals surface area contributed by atoms with Crippen molar-refractivity contribution in [2.75, 3.05) is 19.0 Å². The van der Waals surface area contributed by atoms with E-state index in [9.17, 15) is 4.79 Å². The minimum atomic E-state index is 0.0365. The van der Waals surface area contributed by atoms with Gasteiger partial charge in [0, 0.05) is 17.8 Å². The molecule has 0 unspecified atom stereocenters. The predicted octanol–water partition coefficient (Wildman–Crippen LogP) is 2.15. The lowest BCUT2D eigenvalue weighted by atomic mass is 10.3. The zero-order valence-corrected chi connectivity index (χ0v) is 11.2. The van der Waals surface area contributed by atoms with Gasteiger partial charge in [0.2, 0.25) is 5.91 Å². The molecule has 0 spiro atoms. The monoisotopic (exact) mass is 298 g/mol. The summed E-state index contributed by atoms with van der Waals surface area (Å²) in [7, 11) is 1.61. The number of hydrogen-bond acceptors (Lipinski definition) is 3. The van der Waals surface area contributed by atoms with Crippen LogP contribution in [-0.4, -0.2) is 25.6 Å². The normalized spacial score (nSPS) is 14.2. The van der Waals surface area contributed by atoms with Crippen molar-refractivity contribution < 1.29 is 9.53 Å². The van der Waals surface area contributed by atoms with Crippen LogP contribution in [-0.2, 0) is 4.79 Å². The van der Waals surface area contributed by atoms with Crippen molar-refractivity contribution in [3.8, 4) is 5.75 Å². The highest BCUT2D eigenvalue weighted by molar-refractivity contribution is 9.10. The number of anilines is 1. The summed E-state index contributed by atoms with van der Waals surface area (Å²) >= 11 is 3.38. The third kappa shape index (κ3) is 3.63. The number of carbonyl (C=O) groups excluding carboxylic acids is 1. The molecule has 5 heteroatoms. The first kappa shape index (κ1) is 12.2. The predicted molar refractivity (Wildman–Crippen MR) is 70.3 cm³/mol. The van der Waals surface area contributed by atoms with Gasteiger partial charge in [-0.25, -0.2) is 0 Å². The van der Waals surface area contributed by atoms with Gasteiger partial charge in [-0.1, -0.05) is 0 Å². The van der Waals surface area contributed by atoms with E-state index >= 15 is 0 Å². The molecule has 2 rings (SSSR count). The maximum Gasteiger partial charge on any atom is 0.239 e. The number of rotatable bonds is 5. The standard InChI is InChI=1S/C12H15BrN2O2/c1-17-11-6-9(4-5-10(11)13)14-7-12(16)15-8-2-3-8/h4-6,8,14H,2-3,7H2,1H3,(H,15,16). The van der Waals surface area contributed by atoms with Crippen LogP contribution in [0.15, 0.2) is 22.7 Å². The molecule has 1 aliphatic carbocycles. The number of carbonyl (C=O) groups is 1. The van der Waals surface area contributed by atoms with Crippen LogP contribution in [0.5, 0.6) is 5.75 Å². The molecule has 2 N–H and O–H groups in total. The average molecular weight is 299 g/mol. The van der Waals surface area contributed by atoms with Crippen molar-refractivity contribution >= 4 is 27.5 Å². The summed E-state index contributed by atoms with van der Waals surface area (Å²) in [6, 6.07) is 6.05. The number of ether oxygens (including phenoxy) is 1. The van der Waals surface area contributed by atoms with Crippen LogP contribution in [0.3, 0.4) is 0 Å². The Morgan fingerprint density at radius 2 is 2.29 bits per heavy atom. The van der Waals surface area contributed by atoms with E-state index in [2.05, 4.69) is 26.6 Å². The van der Waals surface area contributed by atoms with Gasteiger partial charge in [0.25, 0.3) is 0 Å². The maximum absolute atomic E-state index is 11.5. The molecule has 4 nitrogen and oxygen atoms in total. The molecule has 0 radical (unpaired) electrons. The van der Waals surface area contributed by atoms with Crippen LogP contribution in [0.1, 0.15) is 12.8 Å². The van der Waals surface area contributed by atoms with E-state index in [1.54, 1.807) is 7.11 Å². The molecule has 1 aliphatic rings. The summed E-state index contributed by atoms with van der Waals surface area (Å²) in [6.45, 7) is 0.293. The van der Waals surface area contributed by atoms with Crippen molar-refractivity contribution in [1.82, 2.24) is 5.32 Å². The van der Waals surface area contributed by atoms with E-state index in [4.69, 9.17) is 4.74 Å². The highest BCUT2D eigenvalue weighted by Crippen LogP contribution is 2.27. The van der Waals surface area contributed by atoms with Gasteiger partial charge in [-0.15, -0.1) is 0 Å². The van der Waals surface area contributed by atoms with E-state index < -0.39 is 0 Å². The zero-order chi connectivity index (χ0) is 12.3. The molecule has 92 valence electrons. The van der Waals surface area contributed by atoms with Crippen molar-refractivity contribution in [3.05, 3.63) is 22.7 Å². The number of hydrogen-bond donors (Lipinski definition) is 2. The molecule has 0 bridgehead atoms. The van der Waals surface area contributed by atoms with Gasteiger partial charge in [0.05, 0.1) is 18.1 Å². The van der Waals surface area contributed by atoms with Gasteiger partial charge in [0.15, 0.2) is 0 Å². The average Bonchev–Trinajstić information content (AvgIpc) is 3.12. The molecule has 1 aromatic rings. The Balaban J connectivity index is 1.87. The molecular weight excluding hydrogens is 284 g/mol. The van der Waals surface area contributed by atoms with Gasteiger partial charge in [-0.3, -0.25) is 4.79 Å². The summed E-state index contributed by atoms with van der Waals surface area (Å²) in [5.74, 6) is 0.784. The van der Waals surface area contributed by atoms with Crippen molar-refractivity contribution in [2.24, 2.45) is 0 Å². The second-order valence-corrected chi connectivity index (χ2v) is 4.90. The smallest absolute Gasteiger partial charge is 0.239 e. The lowest BCUT2D eigenvalue weighted by Crippen LogP contribution is -2.31. The molecular formula is C12H15BrN2O2. The topological polar surface area (TPSA) is 50.4 Å². The SMILES string of the molecule is COc1cc(NCC(=O)NC2CC2)ccc1Br. The van der Waals surface area contributed by atoms with E-state index in [0.717, 1.165) is 28.8 Å². The zero-order valence-electron chi connectivity index (χ0n) is 9.63. The fourth-order valence-electron chi connectivity index (χ4n) is 1.46. The van der Waals surface area contributed by atoms with Gasteiger partial charge in [-0.2, -0.15) is 0 Å². The molecule has 1 saturated carbocycles. The molecule has 17 heavy (non-hydrogen) atoms. The highest BCUT2D eigenvalue weighted by Gasteiger charge is 2.22. The van der Waals surface area contributed by atoms with Gasteiger partial charge >= 0.3 is 0 Å². The van der Waals surface area contributed by atoms with E-state index in [0.29, 0.717) is 12.6 Å². The molecule has 0 heterocycles. The Bertz CT molecular complexity index is 419. The third-order valence-corrected chi connectivity index (χ3v) is 3.20. The molecule has 0 atom stereocenters. The number of nitrogens with one attached hydrogen (secondary N) is 2. The fourth-order valence-corrected chi connectivity index (χ4v) is 1.87. The Morgan fingerprint density at radius 1 is 1.53 bits per heavy atom. The summed E-state index contributed by atoms with van der Waals surface area (Å²) < 4.78 is 6.08. The molecule has 0 saturated heterocycles. The van der Waals surface area contributed by atoms with Crippen LogP contribution in [0.2, 0.25) is 0 Å². The Morgan fingerprint density at radius 3 is 2.94 bits per heavy atom. The number of methoxy groups -OCH3 is 1. The van der Waals surface area contributed by atoms with Gasteiger partial charge < -0.3 is 15.4 Å². The summed E-state index contributed by atoms with van der Waals surface area (Å²) in [5.41, 5.74) is 0.871. The number of benzene rings is 1. The van der Waals surface area contributed by atoms with Crippen LogP contribution in [0.25, 0.3) is 0 Å². The lowest BCUT2D eigenvalue weighted by Gasteiger charge is -2.09. The fraction of sp³-hybridized carbons (Fsp3) is 0.417. The van der Waals surface area contributed by atoms with Crippen LogP contribution in [0, 0.1) is 0 Å². The number of amides is 1. The first-order valence-corrected chi connectivity index (χ1v) is 6.35. The van der Waals surface area contributed by atoms with Crippen LogP contribution < -0.4 is 15.4 Å². The molecule has 0 aliphatic heterocycles. The maximum atomic E-state index is 11.5. The molecule has 0 aromatic heterocycles. The lowest BCUT2D eigenvalue weighted by molar-refractivity contribution is -0.119.